The van der Waals surface area contributed by atoms with E-state index in [4.69, 9.17) is 5.11 Å². The standard InChI is InChI=1S/C13H24N2O2/c1-15-8-2-3-12(9-15)14-11-6-4-10(5-7-11)13(16)17/h10-12,14H,2-9H2,1H3,(H,16,17). The van der Waals surface area contributed by atoms with Crippen molar-refractivity contribution in [3.05, 3.63) is 0 Å². The first-order chi connectivity index (χ1) is 8.15. The van der Waals surface area contributed by atoms with Crippen LogP contribution in [0.25, 0.3) is 0 Å². The Hall–Kier alpha value is -0.610. The van der Waals surface area contributed by atoms with Crippen LogP contribution in [-0.2, 0) is 4.79 Å². The number of carboxylic acid groups (broad SMARTS) is 1. The number of likely N-dealkylation sites (N-methyl/N-ethyl adjacent to an activating group) is 1. The quantitative estimate of drug-likeness (QED) is 0.781. The van der Waals surface area contributed by atoms with Crippen LogP contribution in [0.3, 0.4) is 0 Å². The molecule has 2 rings (SSSR count). The SMILES string of the molecule is CN1CCCC(NC2CCC(C(=O)O)CC2)C1. The fourth-order valence-corrected chi connectivity index (χ4v) is 3.14. The minimum atomic E-state index is -0.610. The molecule has 2 N–H and O–H groups in total. The largest absolute Gasteiger partial charge is 0.481 e. The monoisotopic (exact) mass is 240 g/mol. The molecule has 0 radical (unpaired) electrons. The third kappa shape index (κ3) is 3.68. The van der Waals surface area contributed by atoms with Crippen molar-refractivity contribution in [2.24, 2.45) is 5.92 Å². The van der Waals surface area contributed by atoms with Gasteiger partial charge in [-0.15, -0.1) is 0 Å². The lowest BCUT2D eigenvalue weighted by atomic mass is 9.85. The van der Waals surface area contributed by atoms with E-state index >= 15 is 0 Å². The maximum Gasteiger partial charge on any atom is 0.306 e. The van der Waals surface area contributed by atoms with E-state index < -0.39 is 5.97 Å². The van der Waals surface area contributed by atoms with Crippen LogP contribution in [0.2, 0.25) is 0 Å². The number of aliphatic carboxylic acids is 1. The molecule has 2 fully saturated rings. The molecule has 17 heavy (non-hydrogen) atoms. The van der Waals surface area contributed by atoms with Gasteiger partial charge >= 0.3 is 5.97 Å². The summed E-state index contributed by atoms with van der Waals surface area (Å²) in [7, 11) is 2.18. The van der Waals surface area contributed by atoms with E-state index in [1.54, 1.807) is 0 Å². The average molecular weight is 240 g/mol. The van der Waals surface area contributed by atoms with Gasteiger partial charge in [0.2, 0.25) is 0 Å². The highest BCUT2D eigenvalue weighted by Gasteiger charge is 2.27. The van der Waals surface area contributed by atoms with Crippen molar-refractivity contribution in [3.8, 4) is 0 Å². The molecule has 0 spiro atoms. The Morgan fingerprint density at radius 1 is 1.18 bits per heavy atom. The van der Waals surface area contributed by atoms with E-state index in [-0.39, 0.29) is 5.92 Å². The number of rotatable bonds is 3. The summed E-state index contributed by atoms with van der Waals surface area (Å²) in [5.41, 5.74) is 0. The lowest BCUT2D eigenvalue weighted by Crippen LogP contribution is -2.49. The Morgan fingerprint density at radius 2 is 1.88 bits per heavy atom. The van der Waals surface area contributed by atoms with E-state index in [1.165, 1.54) is 19.4 Å². The molecular formula is C13H24N2O2. The maximum absolute atomic E-state index is 10.9. The van der Waals surface area contributed by atoms with Crippen LogP contribution in [0.1, 0.15) is 38.5 Å². The molecule has 2 aliphatic rings. The van der Waals surface area contributed by atoms with Crippen molar-refractivity contribution in [1.82, 2.24) is 10.2 Å². The first-order valence-corrected chi connectivity index (χ1v) is 6.82. The van der Waals surface area contributed by atoms with Gasteiger partial charge in [-0.25, -0.2) is 0 Å². The molecule has 1 unspecified atom stereocenters. The topological polar surface area (TPSA) is 52.6 Å². The summed E-state index contributed by atoms with van der Waals surface area (Å²) in [6.45, 7) is 2.35. The smallest absolute Gasteiger partial charge is 0.306 e. The zero-order valence-corrected chi connectivity index (χ0v) is 10.7. The number of nitrogens with one attached hydrogen (secondary N) is 1. The fourth-order valence-electron chi connectivity index (χ4n) is 3.14. The van der Waals surface area contributed by atoms with Gasteiger partial charge in [0.15, 0.2) is 0 Å². The van der Waals surface area contributed by atoms with Crippen LogP contribution < -0.4 is 5.32 Å². The molecule has 1 aliphatic heterocycles. The summed E-state index contributed by atoms with van der Waals surface area (Å²) in [5.74, 6) is -0.706. The molecule has 1 heterocycles. The minimum absolute atomic E-state index is 0.0953. The third-order valence-corrected chi connectivity index (χ3v) is 4.17. The van der Waals surface area contributed by atoms with Gasteiger partial charge in [-0.05, 0) is 52.1 Å². The molecule has 0 aromatic heterocycles. The van der Waals surface area contributed by atoms with Crippen LogP contribution in [0.5, 0.6) is 0 Å². The molecular weight excluding hydrogens is 216 g/mol. The van der Waals surface area contributed by atoms with Gasteiger partial charge in [-0.3, -0.25) is 4.79 Å². The summed E-state index contributed by atoms with van der Waals surface area (Å²) < 4.78 is 0. The van der Waals surface area contributed by atoms with Gasteiger partial charge in [0.05, 0.1) is 5.92 Å². The van der Waals surface area contributed by atoms with Crippen molar-refractivity contribution >= 4 is 5.97 Å². The number of carbonyl (C=O) groups is 1. The Labute approximate surface area is 103 Å². The number of likely N-dealkylation sites (tertiary alicyclic amines) is 1. The Bertz CT molecular complexity index is 262. The third-order valence-electron chi connectivity index (χ3n) is 4.17. The van der Waals surface area contributed by atoms with Gasteiger partial charge in [0.1, 0.15) is 0 Å². The lowest BCUT2D eigenvalue weighted by molar-refractivity contribution is -0.142. The van der Waals surface area contributed by atoms with Gasteiger partial charge in [-0.1, -0.05) is 0 Å². The molecule has 4 nitrogen and oxygen atoms in total. The van der Waals surface area contributed by atoms with Crippen molar-refractivity contribution in [2.45, 2.75) is 50.6 Å². The maximum atomic E-state index is 10.9. The van der Waals surface area contributed by atoms with E-state index in [0.717, 1.165) is 32.2 Å². The minimum Gasteiger partial charge on any atom is -0.481 e. The van der Waals surface area contributed by atoms with Crippen molar-refractivity contribution in [2.75, 3.05) is 20.1 Å². The normalized spacial score (nSPS) is 35.7. The van der Waals surface area contributed by atoms with E-state index in [9.17, 15) is 4.79 Å². The van der Waals surface area contributed by atoms with E-state index in [1.807, 2.05) is 0 Å². The van der Waals surface area contributed by atoms with Crippen LogP contribution in [-0.4, -0.2) is 48.2 Å². The molecule has 0 aromatic carbocycles. The van der Waals surface area contributed by atoms with Crippen molar-refractivity contribution < 1.29 is 9.90 Å². The predicted octanol–water partition coefficient (Wildman–Crippen LogP) is 1.31. The Kier molecular flexibility index (Phi) is 4.40. The molecule has 0 amide bonds. The highest BCUT2D eigenvalue weighted by molar-refractivity contribution is 5.70. The summed E-state index contributed by atoms with van der Waals surface area (Å²) >= 11 is 0. The second-order valence-corrected chi connectivity index (χ2v) is 5.65. The van der Waals surface area contributed by atoms with Crippen LogP contribution in [0.15, 0.2) is 0 Å². The zero-order chi connectivity index (χ0) is 12.3. The highest BCUT2D eigenvalue weighted by Crippen LogP contribution is 2.25. The molecule has 0 bridgehead atoms. The molecule has 1 saturated heterocycles. The van der Waals surface area contributed by atoms with Crippen LogP contribution in [0.4, 0.5) is 0 Å². The molecule has 0 aromatic rings. The zero-order valence-electron chi connectivity index (χ0n) is 10.7. The molecule has 4 heteroatoms. The number of hydrogen-bond donors (Lipinski definition) is 2. The highest BCUT2D eigenvalue weighted by atomic mass is 16.4. The Morgan fingerprint density at radius 3 is 2.47 bits per heavy atom. The molecule has 1 saturated carbocycles. The van der Waals surface area contributed by atoms with E-state index in [0.29, 0.717) is 12.1 Å². The van der Waals surface area contributed by atoms with Gasteiger partial charge in [-0.2, -0.15) is 0 Å². The van der Waals surface area contributed by atoms with Gasteiger partial charge in [0, 0.05) is 18.6 Å². The number of carboxylic acids is 1. The fraction of sp³-hybridized carbons (Fsp3) is 0.923. The second-order valence-electron chi connectivity index (χ2n) is 5.65. The van der Waals surface area contributed by atoms with Gasteiger partial charge < -0.3 is 15.3 Å². The number of nitrogens with zero attached hydrogens (tertiary/aromatic N) is 1. The first kappa shape index (κ1) is 12.8. The average Bonchev–Trinajstić information content (AvgIpc) is 2.29. The van der Waals surface area contributed by atoms with Crippen molar-refractivity contribution in [1.29, 1.82) is 0 Å². The van der Waals surface area contributed by atoms with E-state index in [2.05, 4.69) is 17.3 Å². The van der Waals surface area contributed by atoms with Crippen LogP contribution >= 0.6 is 0 Å². The van der Waals surface area contributed by atoms with Crippen molar-refractivity contribution in [3.63, 3.8) is 0 Å². The summed E-state index contributed by atoms with van der Waals surface area (Å²) in [6, 6.07) is 1.15. The Balaban J connectivity index is 1.72. The number of piperidine rings is 1. The molecule has 1 atom stereocenters. The summed E-state index contributed by atoms with van der Waals surface area (Å²) in [6.07, 6.45) is 6.28. The molecule has 1 aliphatic carbocycles. The lowest BCUT2D eigenvalue weighted by Gasteiger charge is -2.35. The summed E-state index contributed by atoms with van der Waals surface area (Å²) in [4.78, 5) is 13.2. The number of hydrogen-bond acceptors (Lipinski definition) is 3. The molecule has 98 valence electrons. The van der Waals surface area contributed by atoms with Crippen LogP contribution in [0, 0.1) is 5.92 Å². The summed E-state index contributed by atoms with van der Waals surface area (Å²) in [5, 5.41) is 12.7. The predicted molar refractivity (Wildman–Crippen MR) is 67.0 cm³/mol. The second kappa shape index (κ2) is 5.83. The van der Waals surface area contributed by atoms with Gasteiger partial charge in [0.25, 0.3) is 0 Å². The first-order valence-electron chi connectivity index (χ1n) is 6.82.